The van der Waals surface area contributed by atoms with Crippen LogP contribution in [0.4, 0.5) is 4.79 Å². The van der Waals surface area contributed by atoms with E-state index in [9.17, 15) is 4.79 Å². The molecule has 0 radical (unpaired) electrons. The highest BCUT2D eigenvalue weighted by Gasteiger charge is 2.42. The number of benzene rings is 1. The van der Waals surface area contributed by atoms with Gasteiger partial charge >= 0.3 is 6.03 Å². The van der Waals surface area contributed by atoms with E-state index < -0.39 is 0 Å². The minimum Gasteiger partial charge on any atom is -0.348 e. The summed E-state index contributed by atoms with van der Waals surface area (Å²) in [6.45, 7) is 1.39. The van der Waals surface area contributed by atoms with Crippen molar-refractivity contribution in [3.05, 3.63) is 35.9 Å². The molecule has 23 heavy (non-hydrogen) atoms. The lowest BCUT2D eigenvalue weighted by Gasteiger charge is -2.35. The Morgan fingerprint density at radius 1 is 1.04 bits per heavy atom. The van der Waals surface area contributed by atoms with Crippen LogP contribution in [0.1, 0.15) is 43.6 Å². The van der Waals surface area contributed by atoms with Crippen LogP contribution in [-0.4, -0.2) is 37.1 Å². The maximum Gasteiger partial charge on any atom is 0.315 e. The van der Waals surface area contributed by atoms with Crippen molar-refractivity contribution in [1.82, 2.24) is 10.6 Å². The number of amides is 2. The van der Waals surface area contributed by atoms with E-state index in [-0.39, 0.29) is 23.9 Å². The summed E-state index contributed by atoms with van der Waals surface area (Å²) < 4.78 is 11.4. The molecule has 5 heteroatoms. The summed E-state index contributed by atoms with van der Waals surface area (Å²) in [7, 11) is 0. The van der Waals surface area contributed by atoms with Gasteiger partial charge in [0.2, 0.25) is 0 Å². The van der Waals surface area contributed by atoms with Crippen molar-refractivity contribution in [3.63, 3.8) is 0 Å². The van der Waals surface area contributed by atoms with Gasteiger partial charge in [0.1, 0.15) is 0 Å². The zero-order chi connectivity index (χ0) is 15.7. The fourth-order valence-electron chi connectivity index (χ4n) is 3.81. The number of carbonyl (C=O) groups excluding carboxylic acids is 1. The Kier molecular flexibility index (Phi) is 3.99. The van der Waals surface area contributed by atoms with Gasteiger partial charge in [0.25, 0.3) is 0 Å². The van der Waals surface area contributed by atoms with Crippen LogP contribution in [0.25, 0.3) is 0 Å². The van der Waals surface area contributed by atoms with E-state index >= 15 is 0 Å². The van der Waals surface area contributed by atoms with Crippen LogP contribution in [0, 0.1) is 0 Å². The molecule has 2 saturated carbocycles. The molecule has 0 unspecified atom stereocenters. The van der Waals surface area contributed by atoms with E-state index in [1.165, 1.54) is 5.56 Å². The number of hydrogen-bond acceptors (Lipinski definition) is 3. The van der Waals surface area contributed by atoms with Crippen molar-refractivity contribution in [3.8, 4) is 0 Å². The molecule has 124 valence electrons. The summed E-state index contributed by atoms with van der Waals surface area (Å²) in [4.78, 5) is 12.2. The fourth-order valence-corrected chi connectivity index (χ4v) is 3.81. The molecule has 2 N–H and O–H groups in total. The van der Waals surface area contributed by atoms with Gasteiger partial charge in [0.15, 0.2) is 5.79 Å². The molecule has 4 rings (SSSR count). The number of hydrogen-bond donors (Lipinski definition) is 2. The summed E-state index contributed by atoms with van der Waals surface area (Å²) in [6, 6.07) is 10.8. The summed E-state index contributed by atoms with van der Waals surface area (Å²) in [6.07, 6.45) is 4.61. The molecule has 2 amide bonds. The molecule has 3 fully saturated rings. The molecular formula is C18H24N2O3. The van der Waals surface area contributed by atoms with Crippen molar-refractivity contribution in [2.75, 3.05) is 13.2 Å². The summed E-state index contributed by atoms with van der Waals surface area (Å²) >= 11 is 0. The molecule has 1 aromatic carbocycles. The highest BCUT2D eigenvalue weighted by Crippen LogP contribution is 2.40. The van der Waals surface area contributed by atoms with E-state index in [2.05, 4.69) is 34.9 Å². The lowest BCUT2D eigenvalue weighted by atomic mass is 9.90. The predicted molar refractivity (Wildman–Crippen MR) is 86.1 cm³/mol. The van der Waals surface area contributed by atoms with Crippen LogP contribution in [0.5, 0.6) is 0 Å². The van der Waals surface area contributed by atoms with E-state index in [0.29, 0.717) is 19.1 Å². The molecule has 1 heterocycles. The molecule has 1 aromatic rings. The normalized spacial score (nSPS) is 29.4. The van der Waals surface area contributed by atoms with E-state index in [1.807, 2.05) is 6.07 Å². The first-order valence-corrected chi connectivity index (χ1v) is 8.64. The second-order valence-electron chi connectivity index (χ2n) is 6.86. The second kappa shape index (κ2) is 6.13. The van der Waals surface area contributed by atoms with Crippen LogP contribution >= 0.6 is 0 Å². The fraction of sp³-hybridized carbons (Fsp3) is 0.611. The first-order chi connectivity index (χ1) is 11.2. The van der Waals surface area contributed by atoms with Gasteiger partial charge in [-0.15, -0.1) is 0 Å². The van der Waals surface area contributed by atoms with Crippen molar-refractivity contribution >= 4 is 6.03 Å². The Morgan fingerprint density at radius 3 is 2.43 bits per heavy atom. The molecule has 0 bridgehead atoms. The summed E-state index contributed by atoms with van der Waals surface area (Å²) in [5.41, 5.74) is 1.31. The van der Waals surface area contributed by atoms with Crippen molar-refractivity contribution in [2.24, 2.45) is 0 Å². The Morgan fingerprint density at radius 2 is 1.74 bits per heavy atom. The van der Waals surface area contributed by atoms with Crippen LogP contribution in [-0.2, 0) is 9.47 Å². The van der Waals surface area contributed by atoms with Gasteiger partial charge in [-0.05, 0) is 24.8 Å². The molecule has 1 aliphatic heterocycles. The average molecular weight is 316 g/mol. The van der Waals surface area contributed by atoms with E-state index in [0.717, 1.165) is 32.1 Å². The molecule has 2 atom stereocenters. The number of rotatable bonds is 3. The molecule has 3 aliphatic rings. The Balaban J connectivity index is 1.21. The van der Waals surface area contributed by atoms with Crippen LogP contribution in [0.2, 0.25) is 0 Å². The third kappa shape index (κ3) is 3.35. The second-order valence-corrected chi connectivity index (χ2v) is 6.86. The minimum absolute atomic E-state index is 0.0392. The van der Waals surface area contributed by atoms with Crippen molar-refractivity contribution < 1.29 is 14.3 Å². The van der Waals surface area contributed by atoms with Crippen LogP contribution in [0.15, 0.2) is 30.3 Å². The monoisotopic (exact) mass is 316 g/mol. The van der Waals surface area contributed by atoms with Gasteiger partial charge < -0.3 is 20.1 Å². The van der Waals surface area contributed by atoms with Gasteiger partial charge in [-0.2, -0.15) is 0 Å². The first kappa shape index (κ1) is 15.0. The molecule has 1 saturated heterocycles. The molecule has 2 aliphatic carbocycles. The summed E-state index contributed by atoms with van der Waals surface area (Å²) in [5.74, 6) is 0.112. The number of nitrogens with one attached hydrogen (secondary N) is 2. The number of urea groups is 1. The zero-order valence-electron chi connectivity index (χ0n) is 13.3. The SMILES string of the molecule is O=C(NC1CCC2(CC1)OCCO2)N[C@H]1C[C@@H]1c1ccccc1. The maximum atomic E-state index is 12.2. The van der Waals surface area contributed by atoms with E-state index in [4.69, 9.17) is 9.47 Å². The van der Waals surface area contributed by atoms with Gasteiger partial charge in [0.05, 0.1) is 13.2 Å². The first-order valence-electron chi connectivity index (χ1n) is 8.64. The van der Waals surface area contributed by atoms with Gasteiger partial charge in [-0.25, -0.2) is 4.79 Å². The largest absolute Gasteiger partial charge is 0.348 e. The minimum atomic E-state index is -0.358. The quantitative estimate of drug-likeness (QED) is 0.901. The highest BCUT2D eigenvalue weighted by molar-refractivity contribution is 5.75. The van der Waals surface area contributed by atoms with Gasteiger partial charge in [0, 0.05) is 30.8 Å². The zero-order valence-corrected chi connectivity index (χ0v) is 13.3. The smallest absolute Gasteiger partial charge is 0.315 e. The Labute approximate surface area is 136 Å². The third-order valence-electron chi connectivity index (χ3n) is 5.23. The molecular weight excluding hydrogens is 292 g/mol. The standard InChI is InChI=1S/C18H24N2O3/c21-17(20-16-12-15(16)13-4-2-1-3-5-13)19-14-6-8-18(9-7-14)22-10-11-23-18/h1-5,14-16H,6-12H2,(H2,19,20,21)/t15-,16+/m1/s1. The van der Waals surface area contributed by atoms with Crippen molar-refractivity contribution in [2.45, 2.75) is 55.9 Å². The summed E-state index contributed by atoms with van der Waals surface area (Å²) in [5, 5.41) is 6.21. The van der Waals surface area contributed by atoms with Crippen LogP contribution in [0.3, 0.4) is 0 Å². The van der Waals surface area contributed by atoms with E-state index in [1.54, 1.807) is 0 Å². The maximum absolute atomic E-state index is 12.2. The topological polar surface area (TPSA) is 59.6 Å². The van der Waals surface area contributed by atoms with Gasteiger partial charge in [-0.3, -0.25) is 0 Å². The highest BCUT2D eigenvalue weighted by atomic mass is 16.7. The average Bonchev–Trinajstić information content (AvgIpc) is 3.19. The molecule has 1 spiro atoms. The molecule has 5 nitrogen and oxygen atoms in total. The number of ether oxygens (including phenoxy) is 2. The predicted octanol–water partition coefficient (Wildman–Crippen LogP) is 2.53. The third-order valence-corrected chi connectivity index (χ3v) is 5.23. The Hall–Kier alpha value is -1.59. The number of carbonyl (C=O) groups is 1. The Bertz CT molecular complexity index is 547. The lowest BCUT2D eigenvalue weighted by Crippen LogP contribution is -2.47. The lowest BCUT2D eigenvalue weighted by molar-refractivity contribution is -0.179. The van der Waals surface area contributed by atoms with Crippen molar-refractivity contribution in [1.29, 1.82) is 0 Å². The van der Waals surface area contributed by atoms with Gasteiger partial charge in [-0.1, -0.05) is 30.3 Å². The van der Waals surface area contributed by atoms with Crippen LogP contribution < -0.4 is 10.6 Å². The molecule has 0 aromatic heterocycles.